The molecule has 0 spiro atoms. The largest absolute Gasteiger partial charge is 0.460 e. The normalized spacial score (nSPS) is 11.5. The lowest BCUT2D eigenvalue weighted by atomic mass is 10.2. The first-order valence-corrected chi connectivity index (χ1v) is 8.97. The number of thioether (sulfide) groups is 1. The summed E-state index contributed by atoms with van der Waals surface area (Å²) in [5.41, 5.74) is 1.05. The van der Waals surface area contributed by atoms with Crippen LogP contribution in [0.15, 0.2) is 48.5 Å². The fourth-order valence-corrected chi connectivity index (χ4v) is 2.66. The van der Waals surface area contributed by atoms with Crippen molar-refractivity contribution in [3.8, 4) is 0 Å². The number of non-ortho nitro benzene ring substituents is 1. The van der Waals surface area contributed by atoms with E-state index in [1.807, 2.05) is 0 Å². The predicted molar refractivity (Wildman–Crippen MR) is 99.8 cm³/mol. The fraction of sp³-hybridized carbons (Fsp3) is 0.222. The molecule has 0 aliphatic carbocycles. The van der Waals surface area contributed by atoms with Crippen LogP contribution < -0.4 is 5.32 Å². The Bertz CT molecular complexity index is 812. The van der Waals surface area contributed by atoms with Crippen molar-refractivity contribution in [3.05, 3.63) is 70.0 Å². The van der Waals surface area contributed by atoms with E-state index in [0.29, 0.717) is 11.3 Å². The smallest absolute Gasteiger partial charge is 0.319 e. The van der Waals surface area contributed by atoms with Gasteiger partial charge in [-0.25, -0.2) is 4.39 Å². The maximum atomic E-state index is 12.8. The van der Waals surface area contributed by atoms with E-state index in [9.17, 15) is 24.1 Å². The number of nitrogens with zero attached hydrogens (tertiary/aromatic N) is 1. The summed E-state index contributed by atoms with van der Waals surface area (Å²) in [6.45, 7) is 1.61. The Kier molecular flexibility index (Phi) is 7.30. The van der Waals surface area contributed by atoms with Crippen molar-refractivity contribution in [2.24, 2.45) is 0 Å². The van der Waals surface area contributed by atoms with Gasteiger partial charge >= 0.3 is 5.97 Å². The molecule has 0 bridgehead atoms. The van der Waals surface area contributed by atoms with Gasteiger partial charge in [0.2, 0.25) is 5.91 Å². The summed E-state index contributed by atoms with van der Waals surface area (Å²) < 4.78 is 18.0. The maximum absolute atomic E-state index is 12.8. The van der Waals surface area contributed by atoms with Crippen molar-refractivity contribution in [2.45, 2.75) is 18.8 Å². The van der Waals surface area contributed by atoms with Gasteiger partial charge in [-0.1, -0.05) is 0 Å². The highest BCUT2D eigenvalue weighted by Crippen LogP contribution is 2.16. The molecule has 0 saturated carbocycles. The van der Waals surface area contributed by atoms with Crippen molar-refractivity contribution in [1.82, 2.24) is 0 Å². The molecule has 0 heterocycles. The summed E-state index contributed by atoms with van der Waals surface area (Å²) >= 11 is 1.11. The number of benzene rings is 2. The molecule has 0 aliphatic heterocycles. The van der Waals surface area contributed by atoms with Gasteiger partial charge in [0.05, 0.1) is 10.7 Å². The third kappa shape index (κ3) is 6.70. The Hall–Kier alpha value is -2.94. The minimum Gasteiger partial charge on any atom is -0.460 e. The zero-order chi connectivity index (χ0) is 19.8. The Morgan fingerprint density at radius 2 is 1.81 bits per heavy atom. The zero-order valence-electron chi connectivity index (χ0n) is 14.4. The first-order chi connectivity index (χ1) is 12.8. The molecule has 0 aromatic heterocycles. The number of carbonyl (C=O) groups is 2. The standard InChI is InChI=1S/C18H17FN2O5S/c1-12(27-11-17(22)20-15-6-4-14(19)5-7-15)18(23)26-10-13-2-8-16(9-3-13)21(24)25/h2-9,12H,10-11H2,1H3,(H,20,22)/t12-/m1/s1. The highest BCUT2D eigenvalue weighted by molar-refractivity contribution is 8.01. The Balaban J connectivity index is 1.73. The van der Waals surface area contributed by atoms with Crippen molar-refractivity contribution < 1.29 is 23.6 Å². The molecule has 0 aliphatic rings. The van der Waals surface area contributed by atoms with Crippen LogP contribution in [0.5, 0.6) is 0 Å². The minimum absolute atomic E-state index is 0.0104. The molecule has 1 atom stereocenters. The van der Waals surface area contributed by atoms with Crippen molar-refractivity contribution in [1.29, 1.82) is 0 Å². The number of hydrogen-bond donors (Lipinski definition) is 1. The van der Waals surface area contributed by atoms with Gasteiger partial charge in [-0.3, -0.25) is 19.7 Å². The molecule has 1 amide bonds. The van der Waals surface area contributed by atoms with Gasteiger partial charge in [-0.05, 0) is 48.9 Å². The molecule has 2 aromatic rings. The quantitative estimate of drug-likeness (QED) is 0.419. The molecular weight excluding hydrogens is 375 g/mol. The molecule has 2 aromatic carbocycles. The summed E-state index contributed by atoms with van der Waals surface area (Å²) in [6.07, 6.45) is 0. The zero-order valence-corrected chi connectivity index (χ0v) is 15.2. The average molecular weight is 392 g/mol. The lowest BCUT2D eigenvalue weighted by molar-refractivity contribution is -0.384. The molecule has 1 N–H and O–H groups in total. The lowest BCUT2D eigenvalue weighted by Crippen LogP contribution is -2.21. The SMILES string of the molecule is C[C@@H](SCC(=O)Nc1ccc(F)cc1)C(=O)OCc1ccc([N+](=O)[O-])cc1. The molecule has 0 fully saturated rings. The van der Waals surface area contributed by atoms with Crippen LogP contribution in [0, 0.1) is 15.9 Å². The van der Waals surface area contributed by atoms with E-state index in [1.165, 1.54) is 48.5 Å². The van der Waals surface area contributed by atoms with E-state index in [1.54, 1.807) is 6.92 Å². The number of nitro groups is 1. The first kappa shape index (κ1) is 20.4. The first-order valence-electron chi connectivity index (χ1n) is 7.92. The minimum atomic E-state index is -0.568. The second-order valence-corrected chi connectivity index (χ2v) is 6.87. The van der Waals surface area contributed by atoms with Crippen LogP contribution in [0.4, 0.5) is 15.8 Å². The number of hydrogen-bond acceptors (Lipinski definition) is 6. The number of nitro benzene ring substituents is 1. The average Bonchev–Trinajstić information content (AvgIpc) is 2.66. The summed E-state index contributed by atoms with van der Waals surface area (Å²) in [5, 5.41) is 12.6. The van der Waals surface area contributed by atoms with Crippen LogP contribution in [-0.2, 0) is 20.9 Å². The van der Waals surface area contributed by atoms with E-state index in [0.717, 1.165) is 11.8 Å². The van der Waals surface area contributed by atoms with Crippen LogP contribution in [0.2, 0.25) is 0 Å². The lowest BCUT2D eigenvalue weighted by Gasteiger charge is -2.11. The number of rotatable bonds is 8. The van der Waals surface area contributed by atoms with Crippen molar-refractivity contribution in [3.63, 3.8) is 0 Å². The number of halogens is 1. The second kappa shape index (κ2) is 9.67. The van der Waals surface area contributed by atoms with Gasteiger partial charge in [0, 0.05) is 17.8 Å². The molecule has 27 heavy (non-hydrogen) atoms. The predicted octanol–water partition coefficient (Wildman–Crippen LogP) is 3.54. The molecule has 142 valence electrons. The van der Waals surface area contributed by atoms with E-state index in [-0.39, 0.29) is 24.0 Å². The van der Waals surface area contributed by atoms with Gasteiger partial charge in [-0.15, -0.1) is 11.8 Å². The number of anilines is 1. The van der Waals surface area contributed by atoms with Gasteiger partial charge in [0.15, 0.2) is 0 Å². The molecule has 0 unspecified atom stereocenters. The van der Waals surface area contributed by atoms with Crippen molar-refractivity contribution in [2.75, 3.05) is 11.1 Å². The van der Waals surface area contributed by atoms with Crippen LogP contribution in [0.3, 0.4) is 0 Å². The summed E-state index contributed by atoms with van der Waals surface area (Å²) in [7, 11) is 0. The number of nitrogens with one attached hydrogen (secondary N) is 1. The molecule has 9 heteroatoms. The van der Waals surface area contributed by atoms with E-state index in [4.69, 9.17) is 4.74 Å². The fourth-order valence-electron chi connectivity index (χ4n) is 1.98. The van der Waals surface area contributed by atoms with Crippen LogP contribution >= 0.6 is 11.8 Å². The number of carbonyl (C=O) groups excluding carboxylic acids is 2. The molecule has 0 saturated heterocycles. The van der Waals surface area contributed by atoms with E-state index in [2.05, 4.69) is 5.32 Å². The summed E-state index contributed by atoms with van der Waals surface area (Å²) in [5.74, 6) is -1.17. The van der Waals surface area contributed by atoms with Gasteiger partial charge in [-0.2, -0.15) is 0 Å². The third-order valence-corrected chi connectivity index (χ3v) is 4.57. The van der Waals surface area contributed by atoms with Gasteiger partial charge in [0.25, 0.3) is 5.69 Å². The number of esters is 1. The van der Waals surface area contributed by atoms with E-state index >= 15 is 0 Å². The van der Waals surface area contributed by atoms with Gasteiger partial charge in [0.1, 0.15) is 17.7 Å². The van der Waals surface area contributed by atoms with Gasteiger partial charge < -0.3 is 10.1 Å². The number of amides is 1. The number of ether oxygens (including phenoxy) is 1. The topological polar surface area (TPSA) is 98.5 Å². The van der Waals surface area contributed by atoms with Crippen LogP contribution in [0.1, 0.15) is 12.5 Å². The maximum Gasteiger partial charge on any atom is 0.319 e. The summed E-state index contributed by atoms with van der Waals surface area (Å²) in [6, 6.07) is 11.1. The second-order valence-electron chi connectivity index (χ2n) is 5.54. The molecule has 7 nitrogen and oxygen atoms in total. The third-order valence-electron chi connectivity index (χ3n) is 3.45. The van der Waals surface area contributed by atoms with E-state index < -0.39 is 22.0 Å². The highest BCUT2D eigenvalue weighted by Gasteiger charge is 2.17. The van der Waals surface area contributed by atoms with Crippen LogP contribution in [0.25, 0.3) is 0 Å². The Morgan fingerprint density at radius 1 is 1.19 bits per heavy atom. The molecule has 2 rings (SSSR count). The molecular formula is C18H17FN2O5S. The Morgan fingerprint density at radius 3 is 2.41 bits per heavy atom. The Labute approximate surface area is 159 Å². The van der Waals surface area contributed by atoms with Crippen molar-refractivity contribution >= 4 is 35.0 Å². The van der Waals surface area contributed by atoms with Crippen LogP contribution in [-0.4, -0.2) is 27.8 Å². The monoisotopic (exact) mass is 392 g/mol. The highest BCUT2D eigenvalue weighted by atomic mass is 32.2. The summed E-state index contributed by atoms with van der Waals surface area (Å²) in [4.78, 5) is 33.9. The molecule has 0 radical (unpaired) electrons.